The predicted octanol–water partition coefficient (Wildman–Crippen LogP) is 1.53. The van der Waals surface area contributed by atoms with Gasteiger partial charge in [0.1, 0.15) is 0 Å². The Morgan fingerprint density at radius 1 is 1.00 bits per heavy atom. The number of hydrogen-bond acceptors (Lipinski definition) is 3. The molecule has 0 heterocycles. The van der Waals surface area contributed by atoms with E-state index in [-0.39, 0.29) is 24.9 Å². The number of nitrogens with one attached hydrogen (secondary N) is 2. The van der Waals surface area contributed by atoms with Crippen molar-refractivity contribution >= 4 is 28.3 Å². The Balaban J connectivity index is 1.94. The third kappa shape index (κ3) is 4.22. The quantitative estimate of drug-likeness (QED) is 0.850. The van der Waals surface area contributed by atoms with Crippen LogP contribution in [0.1, 0.15) is 6.92 Å². The molecule has 2 N–H and O–H groups in total. The summed E-state index contributed by atoms with van der Waals surface area (Å²) in [6.45, 7) is 2.62. The first-order valence-electron chi connectivity index (χ1n) is 7.33. The summed E-state index contributed by atoms with van der Waals surface area (Å²) >= 11 is 0. The second-order valence-electron chi connectivity index (χ2n) is 5.12. The second-order valence-corrected chi connectivity index (χ2v) is 5.12. The normalized spacial score (nSPS) is 10.3. The Morgan fingerprint density at radius 3 is 2.45 bits per heavy atom. The van der Waals surface area contributed by atoms with Gasteiger partial charge in [-0.15, -0.1) is 0 Å². The van der Waals surface area contributed by atoms with E-state index in [1.165, 1.54) is 5.39 Å². The van der Waals surface area contributed by atoms with E-state index in [4.69, 9.17) is 0 Å². The molecule has 2 aromatic carbocycles. The summed E-state index contributed by atoms with van der Waals surface area (Å²) < 4.78 is 0. The molecule has 2 amide bonds. The van der Waals surface area contributed by atoms with Gasteiger partial charge in [-0.3, -0.25) is 9.59 Å². The minimum Gasteiger partial charge on any atom is -0.365 e. The van der Waals surface area contributed by atoms with E-state index in [9.17, 15) is 9.59 Å². The molecule has 0 aromatic heterocycles. The van der Waals surface area contributed by atoms with E-state index in [0.717, 1.165) is 11.1 Å². The van der Waals surface area contributed by atoms with Gasteiger partial charge < -0.3 is 15.5 Å². The summed E-state index contributed by atoms with van der Waals surface area (Å²) in [7, 11) is 1.86. The Morgan fingerprint density at radius 2 is 1.73 bits per heavy atom. The molecule has 0 saturated heterocycles. The van der Waals surface area contributed by atoms with Crippen molar-refractivity contribution in [1.29, 1.82) is 0 Å². The highest BCUT2D eigenvalue weighted by atomic mass is 16.2. The lowest BCUT2D eigenvalue weighted by molar-refractivity contribution is -0.125. The fourth-order valence-corrected chi connectivity index (χ4v) is 2.22. The molecule has 0 bridgehead atoms. The van der Waals surface area contributed by atoms with Gasteiger partial charge in [-0.1, -0.05) is 30.3 Å². The lowest BCUT2D eigenvalue weighted by Crippen LogP contribution is -2.41. The van der Waals surface area contributed by atoms with Crippen LogP contribution in [0.15, 0.2) is 42.5 Å². The molecule has 0 aliphatic heterocycles. The topological polar surface area (TPSA) is 61.4 Å². The van der Waals surface area contributed by atoms with E-state index in [1.807, 2.05) is 55.3 Å². The first-order valence-corrected chi connectivity index (χ1v) is 7.33. The van der Waals surface area contributed by atoms with Gasteiger partial charge in [-0.05, 0) is 29.8 Å². The first kappa shape index (κ1) is 15.8. The van der Waals surface area contributed by atoms with Gasteiger partial charge in [0, 0.05) is 19.3 Å². The maximum Gasteiger partial charge on any atom is 0.239 e. The third-order valence-corrected chi connectivity index (χ3v) is 3.37. The molecule has 22 heavy (non-hydrogen) atoms. The lowest BCUT2D eigenvalue weighted by Gasteiger charge is -2.19. The molecule has 0 saturated carbocycles. The van der Waals surface area contributed by atoms with E-state index in [2.05, 4.69) is 16.7 Å². The zero-order valence-corrected chi connectivity index (χ0v) is 12.9. The molecular weight excluding hydrogens is 278 g/mol. The smallest absolute Gasteiger partial charge is 0.239 e. The van der Waals surface area contributed by atoms with E-state index < -0.39 is 0 Å². The Kier molecular flexibility index (Phi) is 5.36. The first-order chi connectivity index (χ1) is 10.6. The number of hydrogen-bond donors (Lipinski definition) is 2. The van der Waals surface area contributed by atoms with Crippen LogP contribution in [-0.4, -0.2) is 38.5 Å². The largest absolute Gasteiger partial charge is 0.365 e. The number of carbonyl (C=O) groups excluding carboxylic acids is 2. The molecule has 5 nitrogen and oxygen atoms in total. The summed E-state index contributed by atoms with van der Waals surface area (Å²) in [5, 5.41) is 7.55. The SMILES string of the molecule is CCNC(=O)CNC(=O)CN(C)c1ccc2ccccc2c1. The second kappa shape index (κ2) is 7.45. The highest BCUT2D eigenvalue weighted by molar-refractivity contribution is 5.89. The maximum atomic E-state index is 11.9. The van der Waals surface area contributed by atoms with Gasteiger partial charge in [0.2, 0.25) is 11.8 Å². The van der Waals surface area contributed by atoms with Crippen molar-refractivity contribution in [2.24, 2.45) is 0 Å². The van der Waals surface area contributed by atoms with Crippen LogP contribution in [0.4, 0.5) is 5.69 Å². The van der Waals surface area contributed by atoms with Crippen molar-refractivity contribution in [3.63, 3.8) is 0 Å². The molecule has 0 spiro atoms. The summed E-state index contributed by atoms with van der Waals surface area (Å²) in [6.07, 6.45) is 0. The third-order valence-electron chi connectivity index (χ3n) is 3.37. The molecule has 0 aliphatic carbocycles. The van der Waals surface area contributed by atoms with Crippen molar-refractivity contribution in [3.05, 3.63) is 42.5 Å². The number of nitrogens with zero attached hydrogens (tertiary/aromatic N) is 1. The molecule has 0 aliphatic rings. The molecule has 0 radical (unpaired) electrons. The fourth-order valence-electron chi connectivity index (χ4n) is 2.22. The van der Waals surface area contributed by atoms with Crippen molar-refractivity contribution in [1.82, 2.24) is 10.6 Å². The molecule has 2 aromatic rings. The van der Waals surface area contributed by atoms with Crippen LogP contribution in [0.5, 0.6) is 0 Å². The van der Waals surface area contributed by atoms with E-state index in [0.29, 0.717) is 6.54 Å². The fraction of sp³-hybridized carbons (Fsp3) is 0.294. The van der Waals surface area contributed by atoms with E-state index in [1.54, 1.807) is 0 Å². The molecule has 2 rings (SSSR count). The van der Waals surface area contributed by atoms with Crippen LogP contribution >= 0.6 is 0 Å². The van der Waals surface area contributed by atoms with Crippen molar-refractivity contribution in [2.45, 2.75) is 6.92 Å². The van der Waals surface area contributed by atoms with Crippen molar-refractivity contribution in [3.8, 4) is 0 Å². The number of carbonyl (C=O) groups is 2. The summed E-state index contributed by atoms with van der Waals surface area (Å²) in [6, 6.07) is 14.2. The van der Waals surface area contributed by atoms with Crippen LogP contribution in [0.3, 0.4) is 0 Å². The Bertz CT molecular complexity index is 670. The number of rotatable bonds is 6. The van der Waals surface area contributed by atoms with Gasteiger partial charge in [0.25, 0.3) is 0 Å². The zero-order valence-electron chi connectivity index (χ0n) is 12.9. The zero-order chi connectivity index (χ0) is 15.9. The Hall–Kier alpha value is -2.56. The van der Waals surface area contributed by atoms with Gasteiger partial charge in [-0.25, -0.2) is 0 Å². The predicted molar refractivity (Wildman–Crippen MR) is 88.9 cm³/mol. The minimum atomic E-state index is -0.179. The van der Waals surface area contributed by atoms with Crippen molar-refractivity contribution in [2.75, 3.05) is 31.6 Å². The monoisotopic (exact) mass is 299 g/mol. The van der Waals surface area contributed by atoms with Gasteiger partial charge >= 0.3 is 0 Å². The van der Waals surface area contributed by atoms with Crippen molar-refractivity contribution < 1.29 is 9.59 Å². The molecule has 116 valence electrons. The van der Waals surface area contributed by atoms with Crippen LogP contribution in [0.25, 0.3) is 10.8 Å². The molecule has 5 heteroatoms. The molecule has 0 fully saturated rings. The van der Waals surface area contributed by atoms with Gasteiger partial charge in [0.15, 0.2) is 0 Å². The van der Waals surface area contributed by atoms with Crippen LogP contribution in [0.2, 0.25) is 0 Å². The average molecular weight is 299 g/mol. The molecule has 0 unspecified atom stereocenters. The van der Waals surface area contributed by atoms with E-state index >= 15 is 0 Å². The number of amides is 2. The van der Waals surface area contributed by atoms with Crippen LogP contribution < -0.4 is 15.5 Å². The van der Waals surface area contributed by atoms with Gasteiger partial charge in [-0.2, -0.15) is 0 Å². The maximum absolute atomic E-state index is 11.9. The Labute approximate surface area is 130 Å². The lowest BCUT2D eigenvalue weighted by atomic mass is 10.1. The molecule has 0 atom stereocenters. The average Bonchev–Trinajstić information content (AvgIpc) is 2.52. The number of anilines is 1. The number of benzene rings is 2. The summed E-state index contributed by atoms with van der Waals surface area (Å²) in [5.74, 6) is -0.355. The van der Waals surface area contributed by atoms with Gasteiger partial charge in [0.05, 0.1) is 13.1 Å². The number of likely N-dealkylation sites (N-methyl/N-ethyl adjacent to an activating group) is 2. The molecular formula is C17H21N3O2. The summed E-state index contributed by atoms with van der Waals surface area (Å²) in [4.78, 5) is 25.0. The summed E-state index contributed by atoms with van der Waals surface area (Å²) in [5.41, 5.74) is 0.965. The standard InChI is InChI=1S/C17H21N3O2/c1-3-18-16(21)11-19-17(22)12-20(2)15-9-8-13-6-4-5-7-14(13)10-15/h4-10H,3,11-12H2,1-2H3,(H,18,21)(H,19,22). The van der Waals surface area contributed by atoms with Crippen LogP contribution in [-0.2, 0) is 9.59 Å². The van der Waals surface area contributed by atoms with Crippen LogP contribution in [0, 0.1) is 0 Å². The number of fused-ring (bicyclic) bond motifs is 1. The highest BCUT2D eigenvalue weighted by Gasteiger charge is 2.09. The minimum absolute atomic E-state index is 0.0121. The highest BCUT2D eigenvalue weighted by Crippen LogP contribution is 2.20.